The Morgan fingerprint density at radius 2 is 1.83 bits per heavy atom. The summed E-state index contributed by atoms with van der Waals surface area (Å²) < 4.78 is 5.23. The minimum Gasteiger partial charge on any atom is -0.497 e. The number of anilines is 1. The molecule has 30 heavy (non-hydrogen) atoms. The van der Waals surface area contributed by atoms with Crippen LogP contribution in [0.1, 0.15) is 35.4 Å². The van der Waals surface area contributed by atoms with Crippen molar-refractivity contribution >= 4 is 28.8 Å². The number of rotatable bonds is 5. The monoisotopic (exact) mass is 427 g/mol. The van der Waals surface area contributed by atoms with Gasteiger partial charge in [0.25, 0.3) is 5.91 Å². The van der Waals surface area contributed by atoms with E-state index in [0.717, 1.165) is 55.9 Å². The Kier molecular flexibility index (Phi) is 6.57. The summed E-state index contributed by atoms with van der Waals surface area (Å²) in [5.74, 6) is 0.902. The Labute approximate surface area is 181 Å². The first kappa shape index (κ1) is 20.7. The van der Waals surface area contributed by atoms with Crippen molar-refractivity contribution in [1.29, 1.82) is 0 Å². The van der Waals surface area contributed by atoms with Gasteiger partial charge in [0.05, 0.1) is 17.9 Å². The van der Waals surface area contributed by atoms with Crippen LogP contribution in [-0.4, -0.2) is 56.0 Å². The zero-order valence-corrected chi connectivity index (χ0v) is 18.2. The highest BCUT2D eigenvalue weighted by Gasteiger charge is 2.31. The molecule has 0 spiro atoms. The number of piperidine rings is 2. The molecule has 6 nitrogen and oxygen atoms in total. The zero-order chi connectivity index (χ0) is 20.9. The lowest BCUT2D eigenvalue weighted by Crippen LogP contribution is -2.50. The molecule has 0 saturated carbocycles. The van der Waals surface area contributed by atoms with Crippen molar-refractivity contribution in [3.8, 4) is 5.75 Å². The molecule has 1 aromatic heterocycles. The zero-order valence-electron chi connectivity index (χ0n) is 17.4. The lowest BCUT2D eigenvalue weighted by Gasteiger charge is -2.36. The fourth-order valence-electron chi connectivity index (χ4n) is 4.33. The van der Waals surface area contributed by atoms with Crippen LogP contribution in [0.5, 0.6) is 5.75 Å². The lowest BCUT2D eigenvalue weighted by molar-refractivity contribution is -0.127. The van der Waals surface area contributed by atoms with Crippen LogP contribution in [0.2, 0.25) is 0 Å². The van der Waals surface area contributed by atoms with E-state index in [4.69, 9.17) is 4.74 Å². The van der Waals surface area contributed by atoms with Crippen molar-refractivity contribution in [1.82, 2.24) is 10.2 Å². The Hall–Kier alpha value is -2.54. The summed E-state index contributed by atoms with van der Waals surface area (Å²) in [7, 11) is 1.67. The van der Waals surface area contributed by atoms with Gasteiger partial charge < -0.3 is 19.9 Å². The van der Waals surface area contributed by atoms with E-state index >= 15 is 0 Å². The molecule has 1 aromatic carbocycles. The number of nitrogens with one attached hydrogen (secondary N) is 1. The third-order valence-corrected chi connectivity index (χ3v) is 6.95. The minimum atomic E-state index is -0.109. The number of amides is 2. The molecule has 2 amide bonds. The summed E-state index contributed by atoms with van der Waals surface area (Å²) in [4.78, 5) is 30.4. The maximum atomic E-state index is 12.9. The normalized spacial score (nSPS) is 20.1. The smallest absolute Gasteiger partial charge is 0.263 e. The molecule has 1 atom stereocenters. The standard InChI is InChI=1S/C23H29N3O3S/c1-29-20-8-6-19(7-9-20)25-13-10-18(11-14-25)24-22(27)17-4-2-12-26(16-17)23(28)21-5-3-15-30-21/h3,5-9,15,17-18H,2,4,10-14,16H2,1H3,(H,24,27). The number of likely N-dealkylation sites (tertiary alicyclic amines) is 1. The number of nitrogens with zero attached hydrogens (tertiary/aromatic N) is 2. The molecule has 160 valence electrons. The van der Waals surface area contributed by atoms with Gasteiger partial charge in [-0.1, -0.05) is 6.07 Å². The van der Waals surface area contributed by atoms with Crippen LogP contribution in [-0.2, 0) is 4.79 Å². The van der Waals surface area contributed by atoms with E-state index in [1.807, 2.05) is 34.5 Å². The van der Waals surface area contributed by atoms with Gasteiger partial charge in [0.1, 0.15) is 5.75 Å². The molecule has 3 heterocycles. The molecule has 0 aliphatic carbocycles. The summed E-state index contributed by atoms with van der Waals surface area (Å²) in [6, 6.07) is 12.1. The average molecular weight is 428 g/mol. The summed E-state index contributed by atoms with van der Waals surface area (Å²) in [6.45, 7) is 3.10. The van der Waals surface area contributed by atoms with Crippen molar-refractivity contribution < 1.29 is 14.3 Å². The van der Waals surface area contributed by atoms with Gasteiger partial charge in [-0.25, -0.2) is 0 Å². The van der Waals surface area contributed by atoms with Crippen molar-refractivity contribution in [2.75, 3.05) is 38.2 Å². The summed E-state index contributed by atoms with van der Waals surface area (Å²) in [5.41, 5.74) is 1.19. The highest BCUT2D eigenvalue weighted by atomic mass is 32.1. The van der Waals surface area contributed by atoms with Crippen molar-refractivity contribution in [3.63, 3.8) is 0 Å². The Balaban J connectivity index is 1.26. The molecule has 4 rings (SSSR count). The van der Waals surface area contributed by atoms with Gasteiger partial charge in [0.2, 0.25) is 5.91 Å². The topological polar surface area (TPSA) is 61.9 Å². The first-order valence-electron chi connectivity index (χ1n) is 10.7. The van der Waals surface area contributed by atoms with Gasteiger partial charge in [-0.2, -0.15) is 0 Å². The van der Waals surface area contributed by atoms with Crippen molar-refractivity contribution in [3.05, 3.63) is 46.7 Å². The average Bonchev–Trinajstić information content (AvgIpc) is 3.34. The molecule has 2 aliphatic rings. The number of thiophene rings is 1. The summed E-state index contributed by atoms with van der Waals surface area (Å²) in [6.07, 6.45) is 3.60. The van der Waals surface area contributed by atoms with Gasteiger partial charge in [0.15, 0.2) is 0 Å². The van der Waals surface area contributed by atoms with E-state index < -0.39 is 0 Å². The summed E-state index contributed by atoms with van der Waals surface area (Å²) >= 11 is 1.46. The van der Waals surface area contributed by atoms with Crippen molar-refractivity contribution in [2.24, 2.45) is 5.92 Å². The highest BCUT2D eigenvalue weighted by molar-refractivity contribution is 7.12. The van der Waals surface area contributed by atoms with E-state index in [2.05, 4.69) is 22.3 Å². The summed E-state index contributed by atoms with van der Waals surface area (Å²) in [5, 5.41) is 5.17. The Bertz CT molecular complexity index is 845. The second-order valence-electron chi connectivity index (χ2n) is 8.04. The number of carbonyl (C=O) groups excluding carboxylic acids is 2. The van der Waals surface area contributed by atoms with Crippen LogP contribution in [0.15, 0.2) is 41.8 Å². The number of hydrogen-bond acceptors (Lipinski definition) is 5. The third-order valence-electron chi connectivity index (χ3n) is 6.09. The fourth-order valence-corrected chi connectivity index (χ4v) is 5.02. The molecule has 0 bridgehead atoms. The number of carbonyl (C=O) groups is 2. The van der Waals surface area contributed by atoms with E-state index in [9.17, 15) is 9.59 Å². The van der Waals surface area contributed by atoms with Gasteiger partial charge in [-0.15, -0.1) is 11.3 Å². The molecular formula is C23H29N3O3S. The quantitative estimate of drug-likeness (QED) is 0.795. The molecule has 0 radical (unpaired) electrons. The number of benzene rings is 1. The maximum absolute atomic E-state index is 12.9. The molecule has 1 unspecified atom stereocenters. The number of ether oxygens (including phenoxy) is 1. The SMILES string of the molecule is COc1ccc(N2CCC(NC(=O)C3CCCN(C(=O)c4cccs4)C3)CC2)cc1. The first-order valence-corrected chi connectivity index (χ1v) is 11.5. The molecule has 2 aliphatic heterocycles. The predicted molar refractivity (Wildman–Crippen MR) is 119 cm³/mol. The van der Waals surface area contributed by atoms with Crippen LogP contribution < -0.4 is 15.0 Å². The molecule has 1 N–H and O–H groups in total. The van der Waals surface area contributed by atoms with Gasteiger partial charge in [0, 0.05) is 37.9 Å². The van der Waals surface area contributed by atoms with E-state index in [0.29, 0.717) is 6.54 Å². The first-order chi connectivity index (χ1) is 14.6. The van der Waals surface area contributed by atoms with E-state index in [-0.39, 0.29) is 23.8 Å². The minimum absolute atomic E-state index is 0.0512. The molecule has 2 aromatic rings. The number of hydrogen-bond donors (Lipinski definition) is 1. The van der Waals surface area contributed by atoms with Gasteiger partial charge in [-0.05, 0) is 61.4 Å². The Morgan fingerprint density at radius 1 is 1.07 bits per heavy atom. The molecule has 7 heteroatoms. The Morgan fingerprint density at radius 3 is 2.50 bits per heavy atom. The number of methoxy groups -OCH3 is 1. The van der Waals surface area contributed by atoms with E-state index in [1.165, 1.54) is 17.0 Å². The predicted octanol–water partition coefficient (Wildman–Crippen LogP) is 3.39. The maximum Gasteiger partial charge on any atom is 0.263 e. The van der Waals surface area contributed by atoms with Crippen LogP contribution in [0.3, 0.4) is 0 Å². The fraction of sp³-hybridized carbons (Fsp3) is 0.478. The lowest BCUT2D eigenvalue weighted by atomic mass is 9.95. The molecular weight excluding hydrogens is 398 g/mol. The second kappa shape index (κ2) is 9.51. The van der Waals surface area contributed by atoms with Gasteiger partial charge >= 0.3 is 0 Å². The largest absolute Gasteiger partial charge is 0.497 e. The molecule has 2 fully saturated rings. The van der Waals surface area contributed by atoms with Crippen LogP contribution in [0.25, 0.3) is 0 Å². The van der Waals surface area contributed by atoms with Crippen LogP contribution in [0, 0.1) is 5.92 Å². The highest BCUT2D eigenvalue weighted by Crippen LogP contribution is 2.24. The van der Waals surface area contributed by atoms with E-state index in [1.54, 1.807) is 7.11 Å². The van der Waals surface area contributed by atoms with Crippen molar-refractivity contribution in [2.45, 2.75) is 31.7 Å². The molecule has 2 saturated heterocycles. The van der Waals surface area contributed by atoms with Crippen LogP contribution in [0.4, 0.5) is 5.69 Å². The van der Waals surface area contributed by atoms with Gasteiger partial charge in [-0.3, -0.25) is 9.59 Å². The van der Waals surface area contributed by atoms with Crippen LogP contribution >= 0.6 is 11.3 Å². The second-order valence-corrected chi connectivity index (χ2v) is 8.98. The third kappa shape index (κ3) is 4.78.